The van der Waals surface area contributed by atoms with Crippen LogP contribution < -0.4 is 5.32 Å². The van der Waals surface area contributed by atoms with Crippen LogP contribution in [0.3, 0.4) is 0 Å². The standard InChI is InChI=1S/C24H31N5OS2/c1-17-5-7-19(8-6-17)23-26-27-24(31)29(23)14-11-22(30)25-16-20(21-4-3-15-32-21)28-12-9-18(2)10-13-28/h3-8,15,18,20H,9-14,16H2,1-2H3,(H,25,30)(H,27,31). The summed E-state index contributed by atoms with van der Waals surface area (Å²) in [4.78, 5) is 16.6. The molecule has 3 heterocycles. The highest BCUT2D eigenvalue weighted by molar-refractivity contribution is 7.71. The summed E-state index contributed by atoms with van der Waals surface area (Å²) >= 11 is 7.18. The summed E-state index contributed by atoms with van der Waals surface area (Å²) in [5.41, 5.74) is 2.18. The first-order valence-corrected chi connectivity index (χ1v) is 12.6. The van der Waals surface area contributed by atoms with Crippen molar-refractivity contribution < 1.29 is 4.79 Å². The van der Waals surface area contributed by atoms with Gasteiger partial charge in [-0.05, 0) is 62.4 Å². The van der Waals surface area contributed by atoms with Crippen LogP contribution in [0, 0.1) is 17.6 Å². The average Bonchev–Trinajstić information content (AvgIpc) is 3.44. The number of carbonyl (C=O) groups is 1. The average molecular weight is 470 g/mol. The monoisotopic (exact) mass is 469 g/mol. The smallest absolute Gasteiger partial charge is 0.221 e. The van der Waals surface area contributed by atoms with E-state index in [9.17, 15) is 4.79 Å². The number of rotatable bonds is 8. The van der Waals surface area contributed by atoms with Gasteiger partial charge in [0.2, 0.25) is 5.91 Å². The van der Waals surface area contributed by atoms with Crippen molar-refractivity contribution >= 4 is 29.5 Å². The number of benzene rings is 1. The quantitative estimate of drug-likeness (QED) is 0.458. The van der Waals surface area contributed by atoms with Gasteiger partial charge in [0.25, 0.3) is 0 Å². The van der Waals surface area contributed by atoms with Crippen molar-refractivity contribution in [1.29, 1.82) is 0 Å². The lowest BCUT2D eigenvalue weighted by atomic mass is 9.97. The van der Waals surface area contributed by atoms with E-state index in [4.69, 9.17) is 12.2 Å². The van der Waals surface area contributed by atoms with Crippen LogP contribution in [0.1, 0.15) is 42.7 Å². The van der Waals surface area contributed by atoms with Crippen molar-refractivity contribution in [3.8, 4) is 11.4 Å². The number of aromatic nitrogens is 3. The molecule has 8 heteroatoms. The van der Waals surface area contributed by atoms with Crippen molar-refractivity contribution in [2.75, 3.05) is 19.6 Å². The highest BCUT2D eigenvalue weighted by atomic mass is 32.1. The molecule has 1 fully saturated rings. The van der Waals surface area contributed by atoms with Crippen molar-refractivity contribution in [2.45, 2.75) is 45.7 Å². The van der Waals surface area contributed by atoms with E-state index < -0.39 is 0 Å². The first-order valence-electron chi connectivity index (χ1n) is 11.3. The van der Waals surface area contributed by atoms with Crippen LogP contribution in [0.4, 0.5) is 0 Å². The van der Waals surface area contributed by atoms with E-state index in [0.29, 0.717) is 24.3 Å². The molecule has 2 aromatic heterocycles. The van der Waals surface area contributed by atoms with Crippen LogP contribution in [0.25, 0.3) is 11.4 Å². The Kier molecular flexibility index (Phi) is 7.55. The predicted octanol–water partition coefficient (Wildman–Crippen LogP) is 4.96. The fraction of sp³-hybridized carbons (Fsp3) is 0.458. The number of aryl methyl sites for hydroxylation is 1. The van der Waals surface area contributed by atoms with Gasteiger partial charge >= 0.3 is 0 Å². The van der Waals surface area contributed by atoms with Gasteiger partial charge in [0.1, 0.15) is 0 Å². The van der Waals surface area contributed by atoms with Crippen LogP contribution >= 0.6 is 23.6 Å². The topological polar surface area (TPSA) is 66.0 Å². The summed E-state index contributed by atoms with van der Waals surface area (Å²) in [5, 5.41) is 12.5. The van der Waals surface area contributed by atoms with E-state index in [1.165, 1.54) is 23.3 Å². The molecule has 1 unspecified atom stereocenters. The normalized spacial score (nSPS) is 16.2. The van der Waals surface area contributed by atoms with Crippen LogP contribution in [0.5, 0.6) is 0 Å². The van der Waals surface area contributed by atoms with Gasteiger partial charge in [-0.1, -0.05) is 42.8 Å². The maximum absolute atomic E-state index is 12.7. The summed E-state index contributed by atoms with van der Waals surface area (Å²) in [6.45, 7) is 7.68. The number of H-pyrrole nitrogens is 1. The molecule has 1 aliphatic rings. The first-order chi connectivity index (χ1) is 15.5. The summed E-state index contributed by atoms with van der Waals surface area (Å²) < 4.78 is 2.44. The summed E-state index contributed by atoms with van der Waals surface area (Å²) in [6.07, 6.45) is 2.80. The molecule has 1 aromatic carbocycles. The Balaban J connectivity index is 1.37. The molecule has 6 nitrogen and oxygen atoms in total. The maximum atomic E-state index is 12.7. The number of nitrogens with one attached hydrogen (secondary N) is 2. The minimum absolute atomic E-state index is 0.0369. The van der Waals surface area contributed by atoms with Crippen LogP contribution in [-0.2, 0) is 11.3 Å². The van der Waals surface area contributed by atoms with Gasteiger partial charge in [-0.15, -0.1) is 11.3 Å². The first kappa shape index (κ1) is 22.9. The second-order valence-corrected chi connectivity index (χ2v) is 10.0. The molecule has 1 atom stereocenters. The van der Waals surface area contributed by atoms with Crippen LogP contribution in [0.15, 0.2) is 41.8 Å². The molecule has 1 aliphatic heterocycles. The van der Waals surface area contributed by atoms with Gasteiger partial charge in [0.15, 0.2) is 10.6 Å². The molecule has 4 rings (SSSR count). The molecule has 2 N–H and O–H groups in total. The number of amides is 1. The lowest BCUT2D eigenvalue weighted by Gasteiger charge is -2.36. The number of aromatic amines is 1. The third kappa shape index (κ3) is 5.54. The third-order valence-corrected chi connectivity index (χ3v) is 7.54. The molecule has 0 bridgehead atoms. The highest BCUT2D eigenvalue weighted by Crippen LogP contribution is 2.29. The van der Waals surface area contributed by atoms with Gasteiger partial charge in [-0.25, -0.2) is 0 Å². The van der Waals surface area contributed by atoms with Gasteiger partial charge in [0, 0.05) is 30.0 Å². The largest absolute Gasteiger partial charge is 0.354 e. The maximum Gasteiger partial charge on any atom is 0.221 e. The Morgan fingerprint density at radius 1 is 1.28 bits per heavy atom. The Hall–Kier alpha value is -2.29. The minimum atomic E-state index is 0.0369. The molecule has 0 saturated carbocycles. The molecule has 1 amide bonds. The number of carbonyl (C=O) groups excluding carboxylic acids is 1. The zero-order valence-electron chi connectivity index (χ0n) is 18.7. The van der Waals surface area contributed by atoms with Gasteiger partial charge in [0.05, 0.1) is 6.04 Å². The van der Waals surface area contributed by atoms with E-state index in [0.717, 1.165) is 30.4 Å². The van der Waals surface area contributed by atoms with Crippen LogP contribution in [-0.4, -0.2) is 45.2 Å². The summed E-state index contributed by atoms with van der Waals surface area (Å²) in [7, 11) is 0. The molecule has 0 spiro atoms. The number of likely N-dealkylation sites (tertiary alicyclic amines) is 1. The Bertz CT molecular complexity index is 1060. The van der Waals surface area contributed by atoms with E-state index in [1.54, 1.807) is 11.3 Å². The molecule has 1 saturated heterocycles. The molecule has 32 heavy (non-hydrogen) atoms. The molecular weight excluding hydrogens is 438 g/mol. The van der Waals surface area contributed by atoms with E-state index in [1.807, 2.05) is 16.7 Å². The zero-order chi connectivity index (χ0) is 22.5. The van der Waals surface area contributed by atoms with Gasteiger partial charge in [-0.3, -0.25) is 19.4 Å². The third-order valence-electron chi connectivity index (χ3n) is 6.25. The minimum Gasteiger partial charge on any atom is -0.354 e. The molecule has 3 aromatic rings. The summed E-state index contributed by atoms with van der Waals surface area (Å²) in [5.74, 6) is 1.59. The lowest BCUT2D eigenvalue weighted by Crippen LogP contribution is -2.41. The van der Waals surface area contributed by atoms with Gasteiger partial charge < -0.3 is 5.32 Å². The van der Waals surface area contributed by atoms with E-state index in [-0.39, 0.29) is 11.9 Å². The number of nitrogens with zero attached hydrogens (tertiary/aromatic N) is 3. The molecular formula is C24H31N5OS2. The fourth-order valence-electron chi connectivity index (χ4n) is 4.19. The van der Waals surface area contributed by atoms with E-state index >= 15 is 0 Å². The highest BCUT2D eigenvalue weighted by Gasteiger charge is 2.25. The van der Waals surface area contributed by atoms with Crippen molar-refractivity contribution in [3.63, 3.8) is 0 Å². The van der Waals surface area contributed by atoms with Crippen molar-refractivity contribution in [2.24, 2.45) is 5.92 Å². The second kappa shape index (κ2) is 10.6. The van der Waals surface area contributed by atoms with Crippen LogP contribution in [0.2, 0.25) is 0 Å². The number of piperidine rings is 1. The zero-order valence-corrected chi connectivity index (χ0v) is 20.3. The Morgan fingerprint density at radius 3 is 2.72 bits per heavy atom. The van der Waals surface area contributed by atoms with E-state index in [2.05, 4.69) is 63.9 Å². The van der Waals surface area contributed by atoms with Crippen molar-refractivity contribution in [3.05, 3.63) is 57.0 Å². The Morgan fingerprint density at radius 2 is 2.03 bits per heavy atom. The molecule has 0 radical (unpaired) electrons. The Labute approximate surface area is 198 Å². The molecule has 0 aliphatic carbocycles. The number of hydrogen-bond acceptors (Lipinski definition) is 5. The predicted molar refractivity (Wildman–Crippen MR) is 132 cm³/mol. The SMILES string of the molecule is Cc1ccc(-c2n[nH]c(=S)n2CCC(=O)NCC(c2cccs2)N2CCC(C)CC2)cc1. The van der Waals surface area contributed by atoms with Gasteiger partial charge in [-0.2, -0.15) is 5.10 Å². The van der Waals surface area contributed by atoms with Crippen molar-refractivity contribution in [1.82, 2.24) is 25.0 Å². The fourth-order valence-corrected chi connectivity index (χ4v) is 5.28. The second-order valence-electron chi connectivity index (χ2n) is 8.67. The number of hydrogen-bond donors (Lipinski definition) is 2. The summed E-state index contributed by atoms with van der Waals surface area (Å²) in [6, 6.07) is 12.7. The molecule has 170 valence electrons. The lowest BCUT2D eigenvalue weighted by molar-refractivity contribution is -0.121. The number of thiophene rings is 1.